The van der Waals surface area contributed by atoms with Crippen LogP contribution in [0.1, 0.15) is 5.56 Å². The van der Waals surface area contributed by atoms with E-state index < -0.39 is 0 Å². The minimum atomic E-state index is 0.0587. The van der Waals surface area contributed by atoms with Gasteiger partial charge in [0, 0.05) is 21.1 Å². The zero-order valence-corrected chi connectivity index (χ0v) is 10.3. The molecule has 0 aliphatic carbocycles. The van der Waals surface area contributed by atoms with Crippen LogP contribution in [0.5, 0.6) is 0 Å². The lowest BCUT2D eigenvalue weighted by molar-refractivity contribution is -0.127. The number of hydrogen-bond donors (Lipinski definition) is 1. The third-order valence-corrected chi connectivity index (χ3v) is 2.58. The maximum Gasteiger partial charge on any atom is 0.241 e. The second kappa shape index (κ2) is 4.88. The van der Waals surface area contributed by atoms with Crippen molar-refractivity contribution in [2.24, 2.45) is 0 Å². The topological polar surface area (TPSA) is 49.6 Å². The zero-order chi connectivity index (χ0) is 12.3. The molecule has 4 heteroatoms. The number of benzene rings is 1. The van der Waals surface area contributed by atoms with Crippen LogP contribution in [0, 0.1) is 6.92 Å². The monoisotopic (exact) mass is 221 g/mol. The Kier molecular flexibility index (Phi) is 3.77. The molecule has 0 aromatic heterocycles. The molecule has 0 radical (unpaired) electrons. The molecule has 0 unspecified atom stereocenters. The van der Waals surface area contributed by atoms with Gasteiger partial charge in [0.25, 0.3) is 0 Å². The van der Waals surface area contributed by atoms with Crippen LogP contribution in [0.2, 0.25) is 0 Å². The lowest BCUT2D eigenvalue weighted by Gasteiger charge is -2.23. The van der Waals surface area contributed by atoms with E-state index in [0.717, 1.165) is 16.9 Å². The maximum absolute atomic E-state index is 11.6. The summed E-state index contributed by atoms with van der Waals surface area (Å²) in [6, 6.07) is 5.82. The van der Waals surface area contributed by atoms with E-state index in [1.807, 2.05) is 37.1 Å². The minimum Gasteiger partial charge on any atom is -0.397 e. The second-order valence-electron chi connectivity index (χ2n) is 4.15. The number of nitrogens with two attached hydrogens (primary N) is 1. The molecule has 0 saturated carbocycles. The van der Waals surface area contributed by atoms with E-state index in [0.29, 0.717) is 6.54 Å². The SMILES string of the molecule is Cc1cccc(N(C)CC(=O)N(C)C)c1N. The highest BCUT2D eigenvalue weighted by Crippen LogP contribution is 2.24. The molecule has 0 spiro atoms. The number of likely N-dealkylation sites (N-methyl/N-ethyl adjacent to an activating group) is 2. The van der Waals surface area contributed by atoms with Gasteiger partial charge in [0.1, 0.15) is 0 Å². The van der Waals surface area contributed by atoms with E-state index in [-0.39, 0.29) is 5.91 Å². The lowest BCUT2D eigenvalue weighted by atomic mass is 10.1. The highest BCUT2D eigenvalue weighted by atomic mass is 16.2. The number of rotatable bonds is 3. The molecule has 88 valence electrons. The van der Waals surface area contributed by atoms with Crippen LogP contribution in [-0.4, -0.2) is 38.5 Å². The Hall–Kier alpha value is -1.71. The molecule has 1 aromatic carbocycles. The summed E-state index contributed by atoms with van der Waals surface area (Å²) in [5.74, 6) is 0.0587. The Labute approximate surface area is 96.6 Å². The van der Waals surface area contributed by atoms with Gasteiger partial charge in [-0.25, -0.2) is 0 Å². The maximum atomic E-state index is 11.6. The molecular weight excluding hydrogens is 202 g/mol. The molecule has 0 aliphatic heterocycles. The van der Waals surface area contributed by atoms with Crippen molar-refractivity contribution >= 4 is 17.3 Å². The minimum absolute atomic E-state index is 0.0587. The van der Waals surface area contributed by atoms with Crippen LogP contribution in [0.25, 0.3) is 0 Å². The van der Waals surface area contributed by atoms with Crippen molar-refractivity contribution in [3.63, 3.8) is 0 Å². The first kappa shape index (κ1) is 12.4. The average molecular weight is 221 g/mol. The lowest BCUT2D eigenvalue weighted by Crippen LogP contribution is -2.34. The number of hydrogen-bond acceptors (Lipinski definition) is 3. The van der Waals surface area contributed by atoms with Crippen molar-refractivity contribution in [1.29, 1.82) is 0 Å². The number of amides is 1. The van der Waals surface area contributed by atoms with Crippen LogP contribution in [0.3, 0.4) is 0 Å². The first-order valence-corrected chi connectivity index (χ1v) is 5.20. The van der Waals surface area contributed by atoms with E-state index in [4.69, 9.17) is 5.73 Å². The van der Waals surface area contributed by atoms with Crippen LogP contribution in [0.15, 0.2) is 18.2 Å². The van der Waals surface area contributed by atoms with Gasteiger partial charge in [0.15, 0.2) is 0 Å². The van der Waals surface area contributed by atoms with Crippen molar-refractivity contribution in [2.75, 3.05) is 38.3 Å². The number of para-hydroxylation sites is 1. The predicted molar refractivity (Wildman–Crippen MR) is 67.6 cm³/mol. The highest BCUT2D eigenvalue weighted by Gasteiger charge is 2.11. The normalized spacial score (nSPS) is 10.0. The largest absolute Gasteiger partial charge is 0.397 e. The van der Waals surface area contributed by atoms with Gasteiger partial charge in [-0.3, -0.25) is 4.79 Å². The zero-order valence-electron chi connectivity index (χ0n) is 10.3. The quantitative estimate of drug-likeness (QED) is 0.778. The number of carbonyl (C=O) groups excluding carboxylic acids is 1. The van der Waals surface area contributed by atoms with E-state index >= 15 is 0 Å². The Morgan fingerprint density at radius 2 is 1.94 bits per heavy atom. The molecule has 0 atom stereocenters. The average Bonchev–Trinajstić information content (AvgIpc) is 2.21. The van der Waals surface area contributed by atoms with Crippen molar-refractivity contribution < 1.29 is 4.79 Å². The van der Waals surface area contributed by atoms with E-state index in [2.05, 4.69) is 0 Å². The summed E-state index contributed by atoms with van der Waals surface area (Å²) in [5, 5.41) is 0. The van der Waals surface area contributed by atoms with E-state index in [9.17, 15) is 4.79 Å². The molecule has 0 bridgehead atoms. The Bertz CT molecular complexity index is 388. The number of nitrogens with zero attached hydrogens (tertiary/aromatic N) is 2. The van der Waals surface area contributed by atoms with Gasteiger partial charge in [-0.2, -0.15) is 0 Å². The Morgan fingerprint density at radius 3 is 2.50 bits per heavy atom. The number of carbonyl (C=O) groups is 1. The summed E-state index contributed by atoms with van der Waals surface area (Å²) >= 11 is 0. The smallest absolute Gasteiger partial charge is 0.241 e. The molecule has 1 amide bonds. The molecule has 0 saturated heterocycles. The molecule has 0 fully saturated rings. The second-order valence-corrected chi connectivity index (χ2v) is 4.15. The van der Waals surface area contributed by atoms with E-state index in [1.165, 1.54) is 0 Å². The van der Waals surface area contributed by atoms with Crippen LogP contribution in [-0.2, 0) is 4.79 Å². The summed E-state index contributed by atoms with van der Waals surface area (Å²) in [5.41, 5.74) is 8.63. The van der Waals surface area contributed by atoms with Crippen LogP contribution >= 0.6 is 0 Å². The van der Waals surface area contributed by atoms with Crippen molar-refractivity contribution in [3.05, 3.63) is 23.8 Å². The first-order valence-electron chi connectivity index (χ1n) is 5.20. The number of aryl methyl sites for hydroxylation is 1. The molecule has 0 heterocycles. The third-order valence-electron chi connectivity index (χ3n) is 2.58. The third kappa shape index (κ3) is 2.66. The highest BCUT2D eigenvalue weighted by molar-refractivity contribution is 5.83. The summed E-state index contributed by atoms with van der Waals surface area (Å²) < 4.78 is 0. The molecule has 16 heavy (non-hydrogen) atoms. The predicted octanol–water partition coefficient (Wildman–Crippen LogP) is 1.10. The van der Waals surface area contributed by atoms with Crippen LogP contribution < -0.4 is 10.6 Å². The molecule has 0 aliphatic rings. The molecule has 1 rings (SSSR count). The standard InChI is InChI=1S/C12H19N3O/c1-9-6-5-7-10(12(9)13)15(4)8-11(16)14(2)3/h5-7H,8,13H2,1-4H3. The molecular formula is C12H19N3O. The fourth-order valence-corrected chi connectivity index (χ4v) is 1.43. The van der Waals surface area contributed by atoms with Gasteiger partial charge in [0.05, 0.1) is 17.9 Å². The fourth-order valence-electron chi connectivity index (χ4n) is 1.43. The van der Waals surface area contributed by atoms with E-state index in [1.54, 1.807) is 19.0 Å². The molecule has 4 nitrogen and oxygen atoms in total. The number of nitrogen functional groups attached to an aromatic ring is 1. The summed E-state index contributed by atoms with van der Waals surface area (Å²) in [7, 11) is 5.36. The first-order chi connectivity index (χ1) is 7.43. The van der Waals surface area contributed by atoms with Crippen molar-refractivity contribution in [1.82, 2.24) is 4.90 Å². The van der Waals surface area contributed by atoms with Crippen molar-refractivity contribution in [3.8, 4) is 0 Å². The van der Waals surface area contributed by atoms with Gasteiger partial charge in [0.2, 0.25) is 5.91 Å². The number of anilines is 2. The Morgan fingerprint density at radius 1 is 1.31 bits per heavy atom. The summed E-state index contributed by atoms with van der Waals surface area (Å²) in [6.45, 7) is 2.29. The summed E-state index contributed by atoms with van der Waals surface area (Å²) in [4.78, 5) is 15.0. The van der Waals surface area contributed by atoms with Gasteiger partial charge in [-0.05, 0) is 18.6 Å². The van der Waals surface area contributed by atoms with Gasteiger partial charge in [-0.1, -0.05) is 12.1 Å². The van der Waals surface area contributed by atoms with Crippen molar-refractivity contribution in [2.45, 2.75) is 6.92 Å². The Balaban J connectivity index is 2.85. The molecule has 2 N–H and O–H groups in total. The fraction of sp³-hybridized carbons (Fsp3) is 0.417. The van der Waals surface area contributed by atoms with Gasteiger partial charge in [-0.15, -0.1) is 0 Å². The van der Waals surface area contributed by atoms with Crippen LogP contribution in [0.4, 0.5) is 11.4 Å². The summed E-state index contributed by atoms with van der Waals surface area (Å²) in [6.07, 6.45) is 0. The van der Waals surface area contributed by atoms with Gasteiger partial charge >= 0.3 is 0 Å². The van der Waals surface area contributed by atoms with Gasteiger partial charge < -0.3 is 15.5 Å². The molecule has 1 aromatic rings.